The maximum absolute atomic E-state index is 12.0. The summed E-state index contributed by atoms with van der Waals surface area (Å²) in [7, 11) is -2.88. The van der Waals surface area contributed by atoms with E-state index < -0.39 is 14.0 Å². The molecule has 0 spiro atoms. The maximum atomic E-state index is 12.0. The van der Waals surface area contributed by atoms with Gasteiger partial charge in [0, 0.05) is 5.20 Å². The molecule has 0 aliphatic heterocycles. The lowest BCUT2D eigenvalue weighted by Gasteiger charge is -2.33. The molecule has 0 atom stereocenters. The van der Waals surface area contributed by atoms with Crippen LogP contribution in [0.25, 0.3) is 0 Å². The van der Waals surface area contributed by atoms with Gasteiger partial charge in [0.1, 0.15) is 0 Å². The highest BCUT2D eigenvalue weighted by atomic mass is 28.3. The molecule has 0 fully saturated rings. The minimum Gasteiger partial charge on any atom is -0.478 e. The van der Waals surface area contributed by atoms with Crippen LogP contribution < -0.4 is 15.6 Å². The molecule has 2 nitrogen and oxygen atoms in total. The lowest BCUT2D eigenvalue weighted by molar-refractivity contribution is -0.131. The van der Waals surface area contributed by atoms with E-state index in [9.17, 15) is 9.90 Å². The normalized spacial score (nSPS) is 11.0. The van der Waals surface area contributed by atoms with E-state index in [0.717, 1.165) is 15.6 Å². The van der Waals surface area contributed by atoms with E-state index in [-0.39, 0.29) is 5.20 Å². The van der Waals surface area contributed by atoms with E-state index in [4.69, 9.17) is 0 Å². The van der Waals surface area contributed by atoms with E-state index in [0.29, 0.717) is 0 Å². The van der Waals surface area contributed by atoms with Gasteiger partial charge >= 0.3 is 5.97 Å². The van der Waals surface area contributed by atoms with Crippen molar-refractivity contribution in [1.82, 2.24) is 0 Å². The number of carboxylic acid groups (broad SMARTS) is 1. The number of carboxylic acids is 1. The van der Waals surface area contributed by atoms with Crippen molar-refractivity contribution in [3.63, 3.8) is 0 Å². The Morgan fingerprint density at radius 2 is 0.958 bits per heavy atom. The molecule has 0 aromatic heterocycles. The van der Waals surface area contributed by atoms with Gasteiger partial charge < -0.3 is 5.11 Å². The largest absolute Gasteiger partial charge is 0.478 e. The first-order chi connectivity index (χ1) is 11.7. The summed E-state index contributed by atoms with van der Waals surface area (Å²) < 4.78 is 0. The van der Waals surface area contributed by atoms with Gasteiger partial charge in [-0.05, 0) is 15.6 Å². The molecule has 3 heteroatoms. The smallest absolute Gasteiger partial charge is 0.328 e. The summed E-state index contributed by atoms with van der Waals surface area (Å²) in [5.41, 5.74) is 0. The summed E-state index contributed by atoms with van der Waals surface area (Å²) in [5, 5.41) is 13.2. The molecule has 0 aliphatic rings. The molecule has 0 unspecified atom stereocenters. The molecule has 24 heavy (non-hydrogen) atoms. The van der Waals surface area contributed by atoms with Crippen LogP contribution in [-0.4, -0.2) is 19.1 Å². The topological polar surface area (TPSA) is 37.3 Å². The van der Waals surface area contributed by atoms with E-state index >= 15 is 0 Å². The molecular formula is C21H18O2Si. The van der Waals surface area contributed by atoms with Crippen LogP contribution in [-0.2, 0) is 4.79 Å². The van der Waals surface area contributed by atoms with Crippen molar-refractivity contribution in [1.29, 1.82) is 0 Å². The first kappa shape index (κ1) is 16.0. The molecule has 0 radical (unpaired) electrons. The van der Waals surface area contributed by atoms with E-state index in [2.05, 4.69) is 6.58 Å². The molecule has 3 aromatic rings. The van der Waals surface area contributed by atoms with Gasteiger partial charge in [-0.3, -0.25) is 0 Å². The molecule has 0 aliphatic carbocycles. The van der Waals surface area contributed by atoms with Crippen LogP contribution in [0.3, 0.4) is 0 Å². The predicted molar refractivity (Wildman–Crippen MR) is 101 cm³/mol. The standard InChI is InChI=1S/C21H18O2Si/c1-17(21(22)23)24(18-11-5-2-6-12-18,19-13-7-3-8-14-19)20-15-9-4-10-16-20/h2-16H,1H2,(H,22,23). The molecule has 0 saturated carbocycles. The van der Waals surface area contributed by atoms with Crippen molar-refractivity contribution < 1.29 is 9.90 Å². The van der Waals surface area contributed by atoms with Crippen LogP contribution in [0.5, 0.6) is 0 Å². The molecule has 3 rings (SSSR count). The number of hydrogen-bond donors (Lipinski definition) is 1. The van der Waals surface area contributed by atoms with Crippen molar-refractivity contribution in [3.8, 4) is 0 Å². The second kappa shape index (κ2) is 6.68. The highest BCUT2D eigenvalue weighted by molar-refractivity contribution is 7.18. The van der Waals surface area contributed by atoms with Crippen LogP contribution in [0.4, 0.5) is 0 Å². The number of benzene rings is 3. The minimum atomic E-state index is -2.88. The Hall–Kier alpha value is -2.91. The Balaban J connectivity index is 2.42. The molecule has 1 N–H and O–H groups in total. The van der Waals surface area contributed by atoms with Gasteiger partial charge in [-0.25, -0.2) is 4.79 Å². The fraction of sp³-hybridized carbons (Fsp3) is 0. The highest BCUT2D eigenvalue weighted by Crippen LogP contribution is 2.16. The highest BCUT2D eigenvalue weighted by Gasteiger charge is 2.44. The fourth-order valence-electron chi connectivity index (χ4n) is 3.25. The van der Waals surface area contributed by atoms with Gasteiger partial charge in [-0.15, -0.1) is 0 Å². The summed E-state index contributed by atoms with van der Waals surface area (Å²) in [6, 6.07) is 29.7. The Morgan fingerprint density at radius 1 is 0.667 bits per heavy atom. The zero-order chi connectivity index (χ0) is 17.0. The Bertz CT molecular complexity index is 746. The van der Waals surface area contributed by atoms with Crippen LogP contribution in [0, 0.1) is 0 Å². The summed E-state index contributed by atoms with van der Waals surface area (Å²) in [5.74, 6) is -0.946. The van der Waals surface area contributed by atoms with E-state index in [1.165, 1.54) is 0 Å². The van der Waals surface area contributed by atoms with Crippen LogP contribution >= 0.6 is 0 Å². The summed E-state index contributed by atoms with van der Waals surface area (Å²) in [6.07, 6.45) is 0. The average molecular weight is 330 g/mol. The third-order valence-corrected chi connectivity index (χ3v) is 9.05. The monoisotopic (exact) mass is 330 g/mol. The van der Waals surface area contributed by atoms with Crippen molar-refractivity contribution in [2.45, 2.75) is 0 Å². The Morgan fingerprint density at radius 3 is 1.21 bits per heavy atom. The number of hydrogen-bond acceptors (Lipinski definition) is 1. The quantitative estimate of drug-likeness (QED) is 0.443. The molecule has 118 valence electrons. The first-order valence-corrected chi connectivity index (χ1v) is 9.76. The third kappa shape index (κ3) is 2.59. The SMILES string of the molecule is C=C(C(=O)O)[Si](c1ccccc1)(c1ccccc1)c1ccccc1. The molecule has 0 saturated heterocycles. The van der Waals surface area contributed by atoms with E-state index in [1.54, 1.807) is 0 Å². The van der Waals surface area contributed by atoms with Crippen LogP contribution in [0.1, 0.15) is 0 Å². The van der Waals surface area contributed by atoms with Crippen molar-refractivity contribution in [2.75, 3.05) is 0 Å². The first-order valence-electron chi connectivity index (χ1n) is 7.76. The average Bonchev–Trinajstić information content (AvgIpc) is 2.65. The minimum absolute atomic E-state index is 0.270. The number of aliphatic carboxylic acids is 1. The van der Waals surface area contributed by atoms with Crippen molar-refractivity contribution in [3.05, 3.63) is 103 Å². The Kier molecular flexibility index (Phi) is 4.45. The molecular weight excluding hydrogens is 312 g/mol. The Labute approximate surface area is 142 Å². The zero-order valence-electron chi connectivity index (χ0n) is 13.2. The number of carbonyl (C=O) groups is 1. The van der Waals surface area contributed by atoms with Crippen LogP contribution in [0.2, 0.25) is 0 Å². The predicted octanol–water partition coefficient (Wildman–Crippen LogP) is 2.34. The second-order valence-corrected chi connectivity index (χ2v) is 9.47. The lowest BCUT2D eigenvalue weighted by atomic mass is 10.3. The molecule has 3 aromatic carbocycles. The molecule has 0 heterocycles. The lowest BCUT2D eigenvalue weighted by Crippen LogP contribution is -2.69. The van der Waals surface area contributed by atoms with Gasteiger partial charge in [-0.2, -0.15) is 0 Å². The second-order valence-electron chi connectivity index (χ2n) is 5.63. The van der Waals surface area contributed by atoms with Crippen molar-refractivity contribution in [2.24, 2.45) is 0 Å². The third-order valence-electron chi connectivity index (χ3n) is 4.33. The van der Waals surface area contributed by atoms with E-state index in [1.807, 2.05) is 91.0 Å². The summed E-state index contributed by atoms with van der Waals surface area (Å²) in [6.45, 7) is 4.02. The van der Waals surface area contributed by atoms with Crippen LogP contribution in [0.15, 0.2) is 103 Å². The molecule has 0 bridgehead atoms. The molecule has 0 amide bonds. The van der Waals surface area contributed by atoms with Gasteiger partial charge in [0.25, 0.3) is 0 Å². The number of rotatable bonds is 5. The van der Waals surface area contributed by atoms with Gasteiger partial charge in [-0.1, -0.05) is 97.6 Å². The summed E-state index contributed by atoms with van der Waals surface area (Å²) >= 11 is 0. The van der Waals surface area contributed by atoms with Gasteiger partial charge in [0.05, 0.1) is 0 Å². The zero-order valence-corrected chi connectivity index (χ0v) is 14.2. The van der Waals surface area contributed by atoms with Gasteiger partial charge in [0.15, 0.2) is 8.07 Å². The maximum Gasteiger partial charge on any atom is 0.328 e. The fourth-order valence-corrected chi connectivity index (χ4v) is 7.69. The van der Waals surface area contributed by atoms with Gasteiger partial charge in [0.2, 0.25) is 0 Å². The summed E-state index contributed by atoms with van der Waals surface area (Å²) in [4.78, 5) is 12.0. The van der Waals surface area contributed by atoms with Crippen molar-refractivity contribution >= 4 is 29.6 Å².